The van der Waals surface area contributed by atoms with Crippen molar-refractivity contribution in [2.24, 2.45) is 0 Å². The van der Waals surface area contributed by atoms with Gasteiger partial charge in [0.1, 0.15) is 22.5 Å². The lowest BCUT2D eigenvalue weighted by Crippen LogP contribution is -2.43. The number of hydrogen-bond donors (Lipinski definition) is 3. The van der Waals surface area contributed by atoms with Gasteiger partial charge in [-0.25, -0.2) is 17.8 Å². The maximum absolute atomic E-state index is 12.8. The largest absolute Gasteiger partial charge is 0.386 e. The van der Waals surface area contributed by atoms with Gasteiger partial charge in [-0.2, -0.15) is 8.78 Å². The lowest BCUT2D eigenvalue weighted by atomic mass is 10.0. The van der Waals surface area contributed by atoms with E-state index in [1.165, 1.54) is 0 Å². The Labute approximate surface area is 124 Å². The Hall–Kier alpha value is -1.68. The van der Waals surface area contributed by atoms with Crippen molar-refractivity contribution in [1.82, 2.24) is 5.32 Å². The Balaban J connectivity index is 2.92. The first-order valence-corrected chi connectivity index (χ1v) is 7.70. The van der Waals surface area contributed by atoms with Gasteiger partial charge < -0.3 is 10.4 Å². The highest BCUT2D eigenvalue weighted by Crippen LogP contribution is 2.21. The van der Waals surface area contributed by atoms with Crippen LogP contribution in [0.2, 0.25) is 0 Å². The average Bonchev–Trinajstić information content (AvgIpc) is 2.51. The van der Waals surface area contributed by atoms with E-state index < -0.39 is 46.9 Å². The molecule has 3 atom stereocenters. The van der Waals surface area contributed by atoms with E-state index in [2.05, 4.69) is 0 Å². The minimum absolute atomic E-state index is 0.0371. The summed E-state index contributed by atoms with van der Waals surface area (Å²) >= 11 is 0. The van der Waals surface area contributed by atoms with Gasteiger partial charge in [-0.1, -0.05) is 12.1 Å². The molecule has 0 saturated heterocycles. The molecule has 10 heteroatoms. The van der Waals surface area contributed by atoms with Crippen LogP contribution in [0.25, 0.3) is 0 Å². The number of hydrogen-bond acceptors (Lipinski definition) is 4. The Morgan fingerprint density at radius 1 is 1.27 bits per heavy atom. The number of aliphatic hydroxyl groups excluding tert-OH is 1. The molecule has 1 rings (SSSR count). The highest BCUT2D eigenvalue weighted by atomic mass is 32.2. The van der Waals surface area contributed by atoms with Crippen LogP contribution in [-0.4, -0.2) is 40.4 Å². The van der Waals surface area contributed by atoms with Gasteiger partial charge in [-0.05, 0) is 17.7 Å². The van der Waals surface area contributed by atoms with Crippen LogP contribution in [0.4, 0.5) is 17.6 Å². The van der Waals surface area contributed by atoms with Gasteiger partial charge in [0.05, 0.1) is 6.04 Å². The summed E-state index contributed by atoms with van der Waals surface area (Å²) in [5.74, 6) is -1.72. The SMILES string of the molecule is N=S(=O)(CF)c1ccc([C@@H](O)[C@@H](CF)NC(=O)C(F)F)cc1. The zero-order chi connectivity index (χ0) is 16.9. The zero-order valence-electron chi connectivity index (χ0n) is 11.1. The number of alkyl halides is 4. The molecule has 0 bridgehead atoms. The predicted octanol–water partition coefficient (Wildman–Crippen LogP) is 1.77. The van der Waals surface area contributed by atoms with E-state index in [4.69, 9.17) is 4.78 Å². The Kier molecular flexibility index (Phi) is 6.30. The molecule has 22 heavy (non-hydrogen) atoms. The molecule has 0 radical (unpaired) electrons. The van der Waals surface area contributed by atoms with Crippen LogP contribution in [0.15, 0.2) is 29.2 Å². The van der Waals surface area contributed by atoms with E-state index >= 15 is 0 Å². The molecule has 0 heterocycles. The molecule has 0 aliphatic rings. The normalized spacial score (nSPS) is 16.8. The summed E-state index contributed by atoms with van der Waals surface area (Å²) in [6.07, 6.45) is -4.98. The lowest BCUT2D eigenvalue weighted by Gasteiger charge is -2.22. The average molecular weight is 342 g/mol. The van der Waals surface area contributed by atoms with Crippen LogP contribution >= 0.6 is 0 Å². The van der Waals surface area contributed by atoms with Gasteiger partial charge in [0.25, 0.3) is 5.91 Å². The maximum Gasteiger partial charge on any atom is 0.315 e. The van der Waals surface area contributed by atoms with Gasteiger partial charge in [0.15, 0.2) is 6.01 Å². The fourth-order valence-electron chi connectivity index (χ4n) is 1.63. The predicted molar refractivity (Wildman–Crippen MR) is 70.4 cm³/mol. The van der Waals surface area contributed by atoms with E-state index in [0.29, 0.717) is 0 Å². The Morgan fingerprint density at radius 3 is 2.23 bits per heavy atom. The number of nitrogens with one attached hydrogen (secondary N) is 2. The summed E-state index contributed by atoms with van der Waals surface area (Å²) in [4.78, 5) is 10.7. The molecule has 0 aliphatic heterocycles. The third-order valence-electron chi connectivity index (χ3n) is 2.83. The van der Waals surface area contributed by atoms with E-state index in [0.717, 1.165) is 24.3 Å². The third kappa shape index (κ3) is 4.41. The molecule has 5 nitrogen and oxygen atoms in total. The van der Waals surface area contributed by atoms with Crippen molar-refractivity contribution in [1.29, 1.82) is 4.78 Å². The van der Waals surface area contributed by atoms with Crippen LogP contribution in [0.3, 0.4) is 0 Å². The minimum atomic E-state index is -3.59. The van der Waals surface area contributed by atoms with Crippen molar-refractivity contribution < 1.29 is 31.7 Å². The number of aliphatic hydroxyl groups is 1. The Bertz CT molecular complexity index is 607. The molecule has 1 amide bonds. The van der Waals surface area contributed by atoms with Crippen molar-refractivity contribution in [3.05, 3.63) is 29.8 Å². The van der Waals surface area contributed by atoms with E-state index in [1.807, 2.05) is 0 Å². The Morgan fingerprint density at radius 2 is 1.82 bits per heavy atom. The molecule has 0 saturated carbocycles. The molecule has 0 aliphatic carbocycles. The molecule has 124 valence electrons. The number of carbonyl (C=O) groups excluding carboxylic acids is 1. The molecule has 0 spiro atoms. The van der Waals surface area contributed by atoms with E-state index in [-0.39, 0.29) is 10.5 Å². The molecule has 1 aromatic rings. The van der Waals surface area contributed by atoms with Crippen molar-refractivity contribution in [2.45, 2.75) is 23.5 Å². The molecule has 3 N–H and O–H groups in total. The number of benzene rings is 1. The quantitative estimate of drug-likeness (QED) is 0.660. The van der Waals surface area contributed by atoms with Gasteiger partial charge >= 0.3 is 6.43 Å². The van der Waals surface area contributed by atoms with Gasteiger partial charge in [-0.15, -0.1) is 0 Å². The first-order chi connectivity index (χ1) is 10.2. The van der Waals surface area contributed by atoms with Crippen molar-refractivity contribution >= 4 is 15.6 Å². The summed E-state index contributed by atoms with van der Waals surface area (Å²) < 4.78 is 68.2. The number of carbonyl (C=O) groups is 1. The topological polar surface area (TPSA) is 90.2 Å². The monoisotopic (exact) mass is 342 g/mol. The summed E-state index contributed by atoms with van der Waals surface area (Å²) in [5, 5.41) is 11.5. The summed E-state index contributed by atoms with van der Waals surface area (Å²) in [6.45, 7) is -1.29. The van der Waals surface area contributed by atoms with Gasteiger partial charge in [0.2, 0.25) is 0 Å². The fourth-order valence-corrected chi connectivity index (χ4v) is 2.33. The highest BCUT2D eigenvalue weighted by Gasteiger charge is 2.26. The summed E-state index contributed by atoms with van der Waals surface area (Å²) in [6, 6.07) is 1.55. The first-order valence-electron chi connectivity index (χ1n) is 5.98. The summed E-state index contributed by atoms with van der Waals surface area (Å²) in [5.41, 5.74) is 0.0371. The molecule has 0 fully saturated rings. The van der Waals surface area contributed by atoms with Crippen molar-refractivity contribution in [3.8, 4) is 0 Å². The van der Waals surface area contributed by atoms with Crippen LogP contribution in [-0.2, 0) is 14.5 Å². The fraction of sp³-hybridized carbons (Fsp3) is 0.417. The van der Waals surface area contributed by atoms with Crippen LogP contribution in [0.5, 0.6) is 0 Å². The van der Waals surface area contributed by atoms with Gasteiger partial charge in [-0.3, -0.25) is 4.79 Å². The van der Waals surface area contributed by atoms with E-state index in [9.17, 15) is 31.7 Å². The second kappa shape index (κ2) is 7.54. The minimum Gasteiger partial charge on any atom is -0.386 e. The number of rotatable bonds is 7. The highest BCUT2D eigenvalue weighted by molar-refractivity contribution is 7.92. The summed E-state index contributed by atoms with van der Waals surface area (Å²) in [7, 11) is -3.59. The third-order valence-corrected chi connectivity index (χ3v) is 4.17. The maximum atomic E-state index is 12.8. The van der Waals surface area contributed by atoms with Crippen LogP contribution < -0.4 is 5.32 Å². The van der Waals surface area contributed by atoms with Gasteiger partial charge in [0, 0.05) is 4.90 Å². The van der Waals surface area contributed by atoms with Crippen molar-refractivity contribution in [2.75, 3.05) is 12.7 Å². The molecule has 0 aromatic heterocycles. The van der Waals surface area contributed by atoms with Crippen molar-refractivity contribution in [3.63, 3.8) is 0 Å². The molecular formula is C12H14F4N2O3S. The number of halogens is 4. The van der Waals surface area contributed by atoms with E-state index in [1.54, 1.807) is 5.32 Å². The second-order valence-corrected chi connectivity index (χ2v) is 6.41. The smallest absolute Gasteiger partial charge is 0.315 e. The lowest BCUT2D eigenvalue weighted by molar-refractivity contribution is -0.133. The number of amides is 1. The molecule has 1 aromatic carbocycles. The first kappa shape index (κ1) is 18.4. The molecular weight excluding hydrogens is 328 g/mol. The molecule has 1 unspecified atom stereocenters. The zero-order valence-corrected chi connectivity index (χ0v) is 12.0. The van der Waals surface area contributed by atoms with Crippen LogP contribution in [0, 0.1) is 4.78 Å². The standard InChI is InChI=1S/C12H14F4N2O3S/c13-5-9(18-12(20)11(15)16)10(19)7-1-3-8(4-2-7)22(17,21)6-14/h1-4,9-11,17,19H,5-6H2,(H,18,20)/t9-,10-,22?/m1/s1. The van der Waals surface area contributed by atoms with Crippen LogP contribution in [0.1, 0.15) is 11.7 Å². The second-order valence-electron chi connectivity index (χ2n) is 4.37.